The number of nitrogens with zero attached hydrogens (tertiary/aromatic N) is 1. The van der Waals surface area contributed by atoms with Gasteiger partial charge in [0.1, 0.15) is 5.75 Å². The van der Waals surface area contributed by atoms with E-state index in [2.05, 4.69) is 10.1 Å². The summed E-state index contributed by atoms with van der Waals surface area (Å²) >= 11 is 0. The van der Waals surface area contributed by atoms with E-state index in [1.807, 2.05) is 18.9 Å². The van der Waals surface area contributed by atoms with E-state index >= 15 is 0 Å². The second kappa shape index (κ2) is 7.88. The normalized spacial score (nSPS) is 17.1. The Morgan fingerprint density at radius 3 is 2.42 bits per heavy atom. The zero-order valence-corrected chi connectivity index (χ0v) is 13.9. The van der Waals surface area contributed by atoms with Crippen LogP contribution in [0.3, 0.4) is 0 Å². The first-order valence-electron chi connectivity index (χ1n) is 8.10. The van der Waals surface area contributed by atoms with Gasteiger partial charge in [0.25, 0.3) is 0 Å². The van der Waals surface area contributed by atoms with E-state index in [1.54, 1.807) is 12.1 Å². The second-order valence-corrected chi connectivity index (χ2v) is 6.27. The summed E-state index contributed by atoms with van der Waals surface area (Å²) in [6, 6.07) is 5.65. The Morgan fingerprint density at radius 2 is 1.88 bits per heavy atom. The molecular weight excluding hydrogens is 321 g/mol. The fourth-order valence-electron chi connectivity index (χ4n) is 2.81. The van der Waals surface area contributed by atoms with E-state index in [4.69, 9.17) is 0 Å². The summed E-state index contributed by atoms with van der Waals surface area (Å²) < 4.78 is 40.3. The van der Waals surface area contributed by atoms with Gasteiger partial charge in [-0.15, -0.1) is 13.2 Å². The third-order valence-electron chi connectivity index (χ3n) is 4.33. The molecule has 4 nitrogen and oxygen atoms in total. The lowest BCUT2D eigenvalue weighted by Crippen LogP contribution is -2.46. The van der Waals surface area contributed by atoms with E-state index in [0.29, 0.717) is 6.54 Å². The van der Waals surface area contributed by atoms with Crippen molar-refractivity contribution in [3.05, 3.63) is 29.8 Å². The highest BCUT2D eigenvalue weighted by atomic mass is 19.4. The molecule has 1 fully saturated rings. The van der Waals surface area contributed by atoms with Crippen LogP contribution in [0.25, 0.3) is 0 Å². The summed E-state index contributed by atoms with van der Waals surface area (Å²) in [5, 5.41) is 3.05. The first-order chi connectivity index (χ1) is 11.2. The molecule has 1 saturated carbocycles. The molecule has 0 saturated heterocycles. The molecule has 0 unspecified atom stereocenters. The number of halogens is 3. The van der Waals surface area contributed by atoms with E-state index in [1.165, 1.54) is 12.1 Å². The highest BCUT2D eigenvalue weighted by Crippen LogP contribution is 2.23. The van der Waals surface area contributed by atoms with Crippen LogP contribution in [0, 0.1) is 0 Å². The number of ether oxygens (including phenoxy) is 1. The molecule has 7 heteroatoms. The number of amides is 1. The smallest absolute Gasteiger partial charge is 0.406 e. The van der Waals surface area contributed by atoms with Crippen molar-refractivity contribution in [2.75, 3.05) is 7.05 Å². The molecule has 1 aliphatic rings. The van der Waals surface area contributed by atoms with Gasteiger partial charge in [-0.2, -0.15) is 0 Å². The molecule has 1 aliphatic carbocycles. The number of carbonyl (C=O) groups excluding carboxylic acids is 1. The Hall–Kier alpha value is -1.76. The number of benzene rings is 1. The average Bonchev–Trinajstić information content (AvgIpc) is 2.99. The van der Waals surface area contributed by atoms with Crippen LogP contribution < -0.4 is 10.1 Å². The molecule has 0 radical (unpaired) electrons. The molecule has 0 aromatic heterocycles. The van der Waals surface area contributed by atoms with Crippen molar-refractivity contribution in [2.24, 2.45) is 0 Å². The Bertz CT molecular complexity index is 540. The van der Waals surface area contributed by atoms with Gasteiger partial charge in [-0.05, 0) is 44.5 Å². The molecule has 2 rings (SSSR count). The number of rotatable bonds is 6. The molecule has 134 valence electrons. The summed E-state index contributed by atoms with van der Waals surface area (Å²) in [6.07, 6.45) is -0.320. The summed E-state index contributed by atoms with van der Waals surface area (Å²) in [7, 11) is 1.82. The van der Waals surface area contributed by atoms with Crippen molar-refractivity contribution in [3.63, 3.8) is 0 Å². The Balaban J connectivity index is 1.86. The number of carbonyl (C=O) groups is 1. The van der Waals surface area contributed by atoms with Crippen molar-refractivity contribution in [3.8, 4) is 5.75 Å². The van der Waals surface area contributed by atoms with Gasteiger partial charge in [-0.1, -0.05) is 25.0 Å². The Kier molecular flexibility index (Phi) is 6.10. The lowest BCUT2D eigenvalue weighted by molar-refractivity contribution is -0.274. The lowest BCUT2D eigenvalue weighted by Gasteiger charge is -2.25. The highest BCUT2D eigenvalue weighted by Gasteiger charge is 2.31. The predicted molar refractivity (Wildman–Crippen MR) is 84.5 cm³/mol. The van der Waals surface area contributed by atoms with Gasteiger partial charge in [0, 0.05) is 12.6 Å². The summed E-state index contributed by atoms with van der Waals surface area (Å²) in [6.45, 7) is 2.29. The summed E-state index contributed by atoms with van der Waals surface area (Å²) in [4.78, 5) is 14.1. The highest BCUT2D eigenvalue weighted by molar-refractivity contribution is 5.81. The standard InChI is InChI=1S/C17H23F3N2O2/c1-12(16(23)21-14-5-3-4-6-14)22(2)11-13-7-9-15(10-8-13)24-17(18,19)20/h7-10,12,14H,3-6,11H2,1-2H3,(H,21,23)/t12-/m0/s1. The molecule has 24 heavy (non-hydrogen) atoms. The topological polar surface area (TPSA) is 41.6 Å². The predicted octanol–water partition coefficient (Wildman–Crippen LogP) is 3.46. The average molecular weight is 344 g/mol. The fourth-order valence-corrected chi connectivity index (χ4v) is 2.81. The lowest BCUT2D eigenvalue weighted by atomic mass is 10.1. The van der Waals surface area contributed by atoms with Crippen molar-refractivity contribution >= 4 is 5.91 Å². The van der Waals surface area contributed by atoms with Crippen molar-refractivity contribution in [2.45, 2.75) is 57.6 Å². The van der Waals surface area contributed by atoms with Crippen LogP contribution >= 0.6 is 0 Å². The molecule has 1 atom stereocenters. The molecule has 0 spiro atoms. The van der Waals surface area contributed by atoms with Crippen molar-refractivity contribution < 1.29 is 22.7 Å². The van der Waals surface area contributed by atoms with E-state index in [-0.39, 0.29) is 23.7 Å². The maximum atomic E-state index is 12.2. The molecular formula is C17H23F3N2O2. The van der Waals surface area contributed by atoms with E-state index < -0.39 is 6.36 Å². The maximum Gasteiger partial charge on any atom is 0.573 e. The van der Waals surface area contributed by atoms with Crippen molar-refractivity contribution in [1.29, 1.82) is 0 Å². The molecule has 1 amide bonds. The van der Waals surface area contributed by atoms with Gasteiger partial charge < -0.3 is 10.1 Å². The van der Waals surface area contributed by atoms with Gasteiger partial charge >= 0.3 is 6.36 Å². The van der Waals surface area contributed by atoms with Gasteiger partial charge in [0.05, 0.1) is 6.04 Å². The number of likely N-dealkylation sites (N-methyl/N-ethyl adjacent to an activating group) is 1. The fraction of sp³-hybridized carbons (Fsp3) is 0.588. The SMILES string of the molecule is C[C@@H](C(=O)NC1CCCC1)N(C)Cc1ccc(OC(F)(F)F)cc1. The first kappa shape index (κ1) is 18.6. The van der Waals surface area contributed by atoms with Crippen LogP contribution in [0.5, 0.6) is 5.75 Å². The molecule has 0 aliphatic heterocycles. The van der Waals surface area contributed by atoms with Crippen molar-refractivity contribution in [1.82, 2.24) is 10.2 Å². The third-order valence-corrected chi connectivity index (χ3v) is 4.33. The number of nitrogens with one attached hydrogen (secondary N) is 1. The largest absolute Gasteiger partial charge is 0.573 e. The maximum absolute atomic E-state index is 12.2. The molecule has 0 bridgehead atoms. The van der Waals surface area contributed by atoms with E-state index in [0.717, 1.165) is 31.2 Å². The van der Waals surface area contributed by atoms with Gasteiger partial charge in [0.2, 0.25) is 5.91 Å². The zero-order valence-electron chi connectivity index (χ0n) is 13.9. The van der Waals surface area contributed by atoms with Gasteiger partial charge in [0.15, 0.2) is 0 Å². The second-order valence-electron chi connectivity index (χ2n) is 6.27. The van der Waals surface area contributed by atoms with Crippen LogP contribution in [0.2, 0.25) is 0 Å². The Morgan fingerprint density at radius 1 is 1.29 bits per heavy atom. The quantitative estimate of drug-likeness (QED) is 0.859. The van der Waals surface area contributed by atoms with Crippen LogP contribution in [-0.4, -0.2) is 36.3 Å². The monoisotopic (exact) mass is 344 g/mol. The minimum atomic E-state index is -4.69. The van der Waals surface area contributed by atoms with Crippen LogP contribution in [-0.2, 0) is 11.3 Å². The molecule has 1 aromatic carbocycles. The zero-order chi connectivity index (χ0) is 17.7. The molecule has 0 heterocycles. The summed E-state index contributed by atoms with van der Waals surface area (Å²) in [5.41, 5.74) is 0.813. The molecule has 1 N–H and O–H groups in total. The van der Waals surface area contributed by atoms with Gasteiger partial charge in [-0.25, -0.2) is 0 Å². The minimum absolute atomic E-state index is 0.0126. The van der Waals surface area contributed by atoms with Gasteiger partial charge in [-0.3, -0.25) is 9.69 Å². The summed E-state index contributed by atoms with van der Waals surface area (Å²) in [5.74, 6) is -0.262. The number of hydrogen-bond donors (Lipinski definition) is 1. The molecule has 1 aromatic rings. The Labute approximate surface area is 140 Å². The minimum Gasteiger partial charge on any atom is -0.406 e. The number of hydrogen-bond acceptors (Lipinski definition) is 3. The van der Waals surface area contributed by atoms with Crippen LogP contribution in [0.1, 0.15) is 38.2 Å². The first-order valence-corrected chi connectivity index (χ1v) is 8.10. The van der Waals surface area contributed by atoms with Crippen LogP contribution in [0.4, 0.5) is 13.2 Å². The number of alkyl halides is 3. The third kappa shape index (κ3) is 5.70. The van der Waals surface area contributed by atoms with E-state index in [9.17, 15) is 18.0 Å². The van der Waals surface area contributed by atoms with Crippen LogP contribution in [0.15, 0.2) is 24.3 Å².